The standard InChI is InChI=1S/C28H38N8O2/c1-18(2)21-16-31-36-25(21)32-24(19-9-12-28(38,17-29)13-10-19)33-26(36)30-15-20-7-5-6-8-22(20)35-14-11-23(34-35)27(3,4)37/h5-8,11,14,16,18-19,37-38H,9-10,12-13,15,17,29H2,1-4H3,(H,30,32,33). The summed E-state index contributed by atoms with van der Waals surface area (Å²) >= 11 is 0. The Morgan fingerprint density at radius 3 is 2.55 bits per heavy atom. The van der Waals surface area contributed by atoms with Crippen molar-refractivity contribution in [3.05, 3.63) is 65.4 Å². The van der Waals surface area contributed by atoms with Gasteiger partial charge in [0.2, 0.25) is 5.95 Å². The van der Waals surface area contributed by atoms with Crippen molar-refractivity contribution in [3.63, 3.8) is 0 Å². The summed E-state index contributed by atoms with van der Waals surface area (Å²) in [6, 6.07) is 9.85. The van der Waals surface area contributed by atoms with Gasteiger partial charge in [-0.1, -0.05) is 32.0 Å². The number of aromatic nitrogens is 6. The van der Waals surface area contributed by atoms with E-state index in [-0.39, 0.29) is 18.4 Å². The average molecular weight is 519 g/mol. The van der Waals surface area contributed by atoms with E-state index in [1.54, 1.807) is 23.0 Å². The van der Waals surface area contributed by atoms with Crippen molar-refractivity contribution in [1.29, 1.82) is 0 Å². The third-order valence-corrected chi connectivity index (χ3v) is 7.59. The highest BCUT2D eigenvalue weighted by molar-refractivity contribution is 5.53. The van der Waals surface area contributed by atoms with Gasteiger partial charge >= 0.3 is 0 Å². The molecule has 3 aromatic heterocycles. The molecule has 0 amide bonds. The van der Waals surface area contributed by atoms with Crippen LogP contribution < -0.4 is 11.1 Å². The molecule has 0 saturated heterocycles. The third-order valence-electron chi connectivity index (χ3n) is 7.59. The van der Waals surface area contributed by atoms with Crippen molar-refractivity contribution in [1.82, 2.24) is 29.4 Å². The van der Waals surface area contributed by atoms with E-state index in [2.05, 4.69) is 29.4 Å². The Morgan fingerprint density at radius 2 is 1.89 bits per heavy atom. The van der Waals surface area contributed by atoms with Crippen molar-refractivity contribution in [3.8, 4) is 5.69 Å². The molecule has 0 atom stereocenters. The van der Waals surface area contributed by atoms with Gasteiger partial charge in [0.25, 0.3) is 0 Å². The Labute approximate surface area is 222 Å². The number of hydrogen-bond donors (Lipinski definition) is 4. The number of rotatable bonds is 8. The Morgan fingerprint density at radius 1 is 1.16 bits per heavy atom. The summed E-state index contributed by atoms with van der Waals surface area (Å²) in [5, 5.41) is 33.7. The zero-order valence-electron chi connectivity index (χ0n) is 22.6. The molecule has 0 aliphatic heterocycles. The summed E-state index contributed by atoms with van der Waals surface area (Å²) in [7, 11) is 0. The van der Waals surface area contributed by atoms with Crippen LogP contribution in [0.15, 0.2) is 42.7 Å². The quantitative estimate of drug-likeness (QED) is 0.277. The first-order chi connectivity index (χ1) is 18.1. The summed E-state index contributed by atoms with van der Waals surface area (Å²) in [6.07, 6.45) is 6.60. The second-order valence-corrected chi connectivity index (χ2v) is 11.3. The zero-order valence-corrected chi connectivity index (χ0v) is 22.6. The van der Waals surface area contributed by atoms with E-state index < -0.39 is 11.2 Å². The minimum absolute atomic E-state index is 0.152. The second kappa shape index (κ2) is 10.1. The molecule has 0 radical (unpaired) electrons. The van der Waals surface area contributed by atoms with Gasteiger partial charge in [0.05, 0.1) is 23.2 Å². The Bertz CT molecular complexity index is 1410. The van der Waals surface area contributed by atoms with Gasteiger partial charge in [-0.2, -0.15) is 19.7 Å². The number of nitrogens with zero attached hydrogens (tertiary/aromatic N) is 6. The number of nitrogens with two attached hydrogens (primary N) is 1. The fraction of sp³-hybridized carbons (Fsp3) is 0.500. The topological polar surface area (TPSA) is 139 Å². The van der Waals surface area contributed by atoms with Crippen LogP contribution in [0.25, 0.3) is 11.3 Å². The molecule has 38 heavy (non-hydrogen) atoms. The fourth-order valence-electron chi connectivity index (χ4n) is 5.08. The highest BCUT2D eigenvalue weighted by atomic mass is 16.3. The molecule has 3 heterocycles. The predicted molar refractivity (Wildman–Crippen MR) is 146 cm³/mol. The van der Waals surface area contributed by atoms with E-state index in [4.69, 9.17) is 15.7 Å². The molecule has 5 N–H and O–H groups in total. The number of para-hydroxylation sites is 1. The number of aliphatic hydroxyl groups is 2. The lowest BCUT2D eigenvalue weighted by atomic mass is 9.78. The normalized spacial score (nSPS) is 20.4. The van der Waals surface area contributed by atoms with E-state index in [1.807, 2.05) is 42.7 Å². The molecule has 10 nitrogen and oxygen atoms in total. The molecule has 0 spiro atoms. The predicted octanol–water partition coefficient (Wildman–Crippen LogP) is 3.62. The minimum Gasteiger partial charge on any atom is -0.389 e. The van der Waals surface area contributed by atoms with Crippen LogP contribution in [0.4, 0.5) is 5.95 Å². The highest BCUT2D eigenvalue weighted by Gasteiger charge is 2.34. The van der Waals surface area contributed by atoms with Crippen molar-refractivity contribution in [2.24, 2.45) is 5.73 Å². The first-order valence-electron chi connectivity index (χ1n) is 13.4. The van der Waals surface area contributed by atoms with Crippen LogP contribution in [0.3, 0.4) is 0 Å². The van der Waals surface area contributed by atoms with Crippen LogP contribution in [0, 0.1) is 0 Å². The van der Waals surface area contributed by atoms with Crippen molar-refractivity contribution >= 4 is 11.6 Å². The second-order valence-electron chi connectivity index (χ2n) is 11.3. The summed E-state index contributed by atoms with van der Waals surface area (Å²) < 4.78 is 3.57. The van der Waals surface area contributed by atoms with E-state index in [9.17, 15) is 10.2 Å². The lowest BCUT2D eigenvalue weighted by molar-refractivity contribution is 0.00700. The van der Waals surface area contributed by atoms with Crippen molar-refractivity contribution < 1.29 is 10.2 Å². The molecule has 1 aliphatic rings. The smallest absolute Gasteiger partial charge is 0.227 e. The Balaban J connectivity index is 1.46. The molecule has 4 aromatic rings. The first kappa shape index (κ1) is 26.3. The average Bonchev–Trinajstić information content (AvgIpc) is 3.56. The SMILES string of the molecule is CC(C)c1cnn2c(NCc3ccccc3-n3ccc(C(C)(C)O)n3)nc(C3CCC(O)(CN)CC3)nc12. The number of anilines is 1. The first-order valence-corrected chi connectivity index (χ1v) is 13.4. The highest BCUT2D eigenvalue weighted by Crippen LogP contribution is 2.37. The van der Waals surface area contributed by atoms with Crippen LogP contribution in [-0.4, -0.2) is 51.7 Å². The van der Waals surface area contributed by atoms with Gasteiger partial charge in [-0.25, -0.2) is 9.67 Å². The summed E-state index contributed by atoms with van der Waals surface area (Å²) in [5.74, 6) is 1.82. The van der Waals surface area contributed by atoms with Crippen molar-refractivity contribution in [2.75, 3.05) is 11.9 Å². The maximum Gasteiger partial charge on any atom is 0.227 e. The minimum atomic E-state index is -1.02. The van der Waals surface area contributed by atoms with E-state index >= 15 is 0 Å². The molecule has 1 aromatic carbocycles. The van der Waals surface area contributed by atoms with Crippen LogP contribution in [0.1, 0.15) is 87.9 Å². The lowest BCUT2D eigenvalue weighted by Gasteiger charge is -2.34. The Hall–Kier alpha value is -3.34. The van der Waals surface area contributed by atoms with Crippen LogP contribution >= 0.6 is 0 Å². The number of hydrogen-bond acceptors (Lipinski definition) is 8. The molecule has 1 fully saturated rings. The molecule has 10 heteroatoms. The largest absolute Gasteiger partial charge is 0.389 e. The fourth-order valence-corrected chi connectivity index (χ4v) is 5.08. The molecule has 0 unspecified atom stereocenters. The summed E-state index contributed by atoms with van der Waals surface area (Å²) in [4.78, 5) is 9.89. The maximum absolute atomic E-state index is 10.6. The van der Waals surface area contributed by atoms with Gasteiger partial charge < -0.3 is 21.3 Å². The van der Waals surface area contributed by atoms with E-state index in [0.717, 1.165) is 41.1 Å². The zero-order chi connectivity index (χ0) is 27.1. The third kappa shape index (κ3) is 5.16. The summed E-state index contributed by atoms with van der Waals surface area (Å²) in [5.41, 5.74) is 8.42. The van der Waals surface area contributed by atoms with Gasteiger partial charge in [0.1, 0.15) is 11.4 Å². The van der Waals surface area contributed by atoms with E-state index in [1.165, 1.54) is 0 Å². The Kier molecular flexibility index (Phi) is 6.97. The monoisotopic (exact) mass is 518 g/mol. The van der Waals surface area contributed by atoms with Gasteiger partial charge in [-0.3, -0.25) is 0 Å². The summed E-state index contributed by atoms with van der Waals surface area (Å²) in [6.45, 7) is 8.49. The van der Waals surface area contributed by atoms with Crippen LogP contribution in [-0.2, 0) is 12.1 Å². The van der Waals surface area contributed by atoms with Crippen LogP contribution in [0.5, 0.6) is 0 Å². The van der Waals surface area contributed by atoms with E-state index in [0.29, 0.717) is 31.0 Å². The maximum atomic E-state index is 10.6. The van der Waals surface area contributed by atoms with Gasteiger partial charge in [0.15, 0.2) is 5.65 Å². The molecule has 202 valence electrons. The number of benzene rings is 1. The molecule has 1 aliphatic carbocycles. The van der Waals surface area contributed by atoms with Gasteiger partial charge in [-0.15, -0.1) is 0 Å². The lowest BCUT2D eigenvalue weighted by Crippen LogP contribution is -2.41. The number of nitrogens with one attached hydrogen (secondary N) is 1. The van der Waals surface area contributed by atoms with Gasteiger partial charge in [0, 0.05) is 30.8 Å². The van der Waals surface area contributed by atoms with Crippen molar-refractivity contribution in [2.45, 2.75) is 83.0 Å². The molecule has 0 bridgehead atoms. The van der Waals surface area contributed by atoms with Gasteiger partial charge in [-0.05, 0) is 63.1 Å². The van der Waals surface area contributed by atoms with Crippen LogP contribution in [0.2, 0.25) is 0 Å². The number of fused-ring (bicyclic) bond motifs is 1. The molecule has 5 rings (SSSR count). The molecular formula is C28H38N8O2. The molecule has 1 saturated carbocycles. The molecular weight excluding hydrogens is 480 g/mol.